The summed E-state index contributed by atoms with van der Waals surface area (Å²) in [5.41, 5.74) is 2.24. The van der Waals surface area contributed by atoms with Crippen LogP contribution in [0.2, 0.25) is 0 Å². The van der Waals surface area contributed by atoms with Gasteiger partial charge in [-0.1, -0.05) is 30.3 Å². The Balaban J connectivity index is 1.74. The molecule has 1 aromatic heterocycles. The van der Waals surface area contributed by atoms with Crippen molar-refractivity contribution in [2.24, 2.45) is 0 Å². The number of benzene rings is 1. The second kappa shape index (κ2) is 5.77. The zero-order valence-corrected chi connectivity index (χ0v) is 12.0. The van der Waals surface area contributed by atoms with Crippen LogP contribution in [0.15, 0.2) is 41.8 Å². The van der Waals surface area contributed by atoms with Gasteiger partial charge in [0.05, 0.1) is 5.92 Å². The van der Waals surface area contributed by atoms with Crippen LogP contribution >= 0.6 is 11.3 Å². The SMILES string of the molecule is O=C(O)C(CN1CCc2sccc2C1)c1ccccc1. The predicted octanol–water partition coefficient (Wildman–Crippen LogP) is 2.97. The van der Waals surface area contributed by atoms with Crippen molar-refractivity contribution >= 4 is 17.3 Å². The molecule has 0 fully saturated rings. The summed E-state index contributed by atoms with van der Waals surface area (Å²) in [6, 6.07) is 11.7. The highest BCUT2D eigenvalue weighted by Crippen LogP contribution is 2.26. The normalized spacial score (nSPS) is 16.6. The van der Waals surface area contributed by atoms with Crippen LogP contribution < -0.4 is 0 Å². The van der Waals surface area contributed by atoms with Crippen molar-refractivity contribution in [1.29, 1.82) is 0 Å². The predicted molar refractivity (Wildman–Crippen MR) is 80.1 cm³/mol. The molecular formula is C16H17NO2S. The van der Waals surface area contributed by atoms with E-state index in [4.69, 9.17) is 0 Å². The number of thiophene rings is 1. The van der Waals surface area contributed by atoms with Crippen LogP contribution in [0.5, 0.6) is 0 Å². The van der Waals surface area contributed by atoms with Crippen molar-refractivity contribution in [1.82, 2.24) is 4.90 Å². The van der Waals surface area contributed by atoms with Gasteiger partial charge in [0.25, 0.3) is 0 Å². The molecule has 0 radical (unpaired) electrons. The Labute approximate surface area is 122 Å². The highest BCUT2D eigenvalue weighted by Gasteiger charge is 2.25. The average Bonchev–Trinajstić information content (AvgIpc) is 2.93. The lowest BCUT2D eigenvalue weighted by atomic mass is 9.97. The van der Waals surface area contributed by atoms with E-state index in [9.17, 15) is 9.90 Å². The van der Waals surface area contributed by atoms with Crippen LogP contribution in [0, 0.1) is 0 Å². The van der Waals surface area contributed by atoms with Gasteiger partial charge in [0.1, 0.15) is 0 Å². The minimum absolute atomic E-state index is 0.448. The summed E-state index contributed by atoms with van der Waals surface area (Å²) < 4.78 is 0. The minimum atomic E-state index is -0.743. The quantitative estimate of drug-likeness (QED) is 0.940. The molecule has 104 valence electrons. The Morgan fingerprint density at radius 3 is 2.85 bits per heavy atom. The maximum atomic E-state index is 11.5. The fourth-order valence-corrected chi connectivity index (χ4v) is 3.62. The van der Waals surface area contributed by atoms with Gasteiger partial charge in [0.15, 0.2) is 0 Å². The van der Waals surface area contributed by atoms with Gasteiger partial charge in [-0.05, 0) is 29.0 Å². The van der Waals surface area contributed by atoms with Gasteiger partial charge in [-0.25, -0.2) is 0 Å². The Morgan fingerprint density at radius 2 is 2.10 bits per heavy atom. The molecule has 1 aromatic carbocycles. The van der Waals surface area contributed by atoms with Crippen LogP contribution in [-0.4, -0.2) is 29.1 Å². The van der Waals surface area contributed by atoms with Gasteiger partial charge in [-0.15, -0.1) is 11.3 Å². The van der Waals surface area contributed by atoms with Crippen molar-refractivity contribution in [2.45, 2.75) is 18.9 Å². The molecule has 1 atom stereocenters. The first-order valence-electron chi connectivity index (χ1n) is 6.79. The summed E-state index contributed by atoms with van der Waals surface area (Å²) in [4.78, 5) is 15.2. The van der Waals surface area contributed by atoms with E-state index < -0.39 is 11.9 Å². The molecule has 4 heteroatoms. The van der Waals surface area contributed by atoms with E-state index in [1.807, 2.05) is 30.3 Å². The molecular weight excluding hydrogens is 270 g/mol. The number of aliphatic carboxylic acids is 1. The molecule has 3 rings (SSSR count). The highest BCUT2D eigenvalue weighted by molar-refractivity contribution is 7.10. The lowest BCUT2D eigenvalue weighted by molar-refractivity contribution is -0.139. The zero-order valence-electron chi connectivity index (χ0n) is 11.2. The lowest BCUT2D eigenvalue weighted by Gasteiger charge is -2.29. The summed E-state index contributed by atoms with van der Waals surface area (Å²) in [5.74, 6) is -1.19. The molecule has 1 aliphatic heterocycles. The van der Waals surface area contributed by atoms with Gasteiger partial charge < -0.3 is 5.11 Å². The van der Waals surface area contributed by atoms with E-state index in [0.29, 0.717) is 6.54 Å². The molecule has 0 amide bonds. The average molecular weight is 287 g/mol. The van der Waals surface area contributed by atoms with Crippen molar-refractivity contribution in [3.8, 4) is 0 Å². The third-order valence-electron chi connectivity index (χ3n) is 3.83. The molecule has 0 saturated heterocycles. The van der Waals surface area contributed by atoms with Crippen LogP contribution in [0.25, 0.3) is 0 Å². The first kappa shape index (κ1) is 13.3. The van der Waals surface area contributed by atoms with E-state index in [1.165, 1.54) is 10.4 Å². The lowest BCUT2D eigenvalue weighted by Crippen LogP contribution is -2.35. The fourth-order valence-electron chi connectivity index (χ4n) is 2.73. The number of hydrogen-bond donors (Lipinski definition) is 1. The molecule has 1 unspecified atom stereocenters. The summed E-state index contributed by atoms with van der Waals surface area (Å²) >= 11 is 1.81. The van der Waals surface area contributed by atoms with E-state index in [2.05, 4.69) is 16.3 Å². The number of rotatable bonds is 4. The number of carbonyl (C=O) groups is 1. The van der Waals surface area contributed by atoms with Crippen LogP contribution in [0.3, 0.4) is 0 Å². The first-order valence-corrected chi connectivity index (χ1v) is 7.67. The van der Waals surface area contributed by atoms with Crippen molar-refractivity contribution < 1.29 is 9.90 Å². The number of fused-ring (bicyclic) bond motifs is 1. The van der Waals surface area contributed by atoms with Crippen LogP contribution in [0.1, 0.15) is 21.9 Å². The molecule has 0 saturated carbocycles. The standard InChI is InChI=1S/C16H17NO2S/c18-16(19)14(12-4-2-1-3-5-12)11-17-8-6-15-13(10-17)7-9-20-15/h1-5,7,9,14H,6,8,10-11H2,(H,18,19). The number of carboxylic acid groups (broad SMARTS) is 1. The summed E-state index contributed by atoms with van der Waals surface area (Å²) in [5, 5.41) is 11.6. The molecule has 20 heavy (non-hydrogen) atoms. The largest absolute Gasteiger partial charge is 0.481 e. The smallest absolute Gasteiger partial charge is 0.312 e. The second-order valence-electron chi connectivity index (χ2n) is 5.16. The Morgan fingerprint density at radius 1 is 1.30 bits per heavy atom. The van der Waals surface area contributed by atoms with Crippen LogP contribution in [-0.2, 0) is 17.8 Å². The van der Waals surface area contributed by atoms with Crippen molar-refractivity contribution in [3.63, 3.8) is 0 Å². The Kier molecular flexibility index (Phi) is 3.85. The second-order valence-corrected chi connectivity index (χ2v) is 6.16. The fraction of sp³-hybridized carbons (Fsp3) is 0.312. The molecule has 0 bridgehead atoms. The number of carboxylic acids is 1. The van der Waals surface area contributed by atoms with Crippen molar-refractivity contribution in [3.05, 3.63) is 57.8 Å². The molecule has 1 aliphatic rings. The molecule has 3 nitrogen and oxygen atoms in total. The van der Waals surface area contributed by atoms with E-state index in [-0.39, 0.29) is 0 Å². The third kappa shape index (κ3) is 2.76. The minimum Gasteiger partial charge on any atom is -0.481 e. The van der Waals surface area contributed by atoms with E-state index in [1.54, 1.807) is 11.3 Å². The summed E-state index contributed by atoms with van der Waals surface area (Å²) in [7, 11) is 0. The van der Waals surface area contributed by atoms with Crippen molar-refractivity contribution in [2.75, 3.05) is 13.1 Å². The Hall–Kier alpha value is -1.65. The summed E-state index contributed by atoms with van der Waals surface area (Å²) in [6.45, 7) is 2.40. The topological polar surface area (TPSA) is 40.5 Å². The van der Waals surface area contributed by atoms with Crippen LogP contribution in [0.4, 0.5) is 0 Å². The highest BCUT2D eigenvalue weighted by atomic mass is 32.1. The molecule has 0 aliphatic carbocycles. The molecule has 2 heterocycles. The maximum Gasteiger partial charge on any atom is 0.312 e. The van der Waals surface area contributed by atoms with E-state index in [0.717, 1.165) is 25.1 Å². The monoisotopic (exact) mass is 287 g/mol. The van der Waals surface area contributed by atoms with E-state index >= 15 is 0 Å². The van der Waals surface area contributed by atoms with Gasteiger partial charge in [-0.3, -0.25) is 9.69 Å². The molecule has 0 spiro atoms. The van der Waals surface area contributed by atoms with Gasteiger partial charge in [-0.2, -0.15) is 0 Å². The number of hydrogen-bond acceptors (Lipinski definition) is 3. The maximum absolute atomic E-state index is 11.5. The first-order chi connectivity index (χ1) is 9.74. The molecule has 2 aromatic rings. The van der Waals surface area contributed by atoms with Gasteiger partial charge in [0, 0.05) is 24.5 Å². The summed E-state index contributed by atoms with van der Waals surface area (Å²) in [6.07, 6.45) is 1.04. The number of nitrogens with zero attached hydrogens (tertiary/aromatic N) is 1. The third-order valence-corrected chi connectivity index (χ3v) is 4.85. The molecule has 1 N–H and O–H groups in total. The van der Waals surface area contributed by atoms with Gasteiger partial charge in [0.2, 0.25) is 0 Å². The van der Waals surface area contributed by atoms with Gasteiger partial charge >= 0.3 is 5.97 Å². The Bertz CT molecular complexity index is 594. The zero-order chi connectivity index (χ0) is 13.9.